The standard InChI is InChI=1S/C17H25NO3/c1-11-10-17(3,4)18(12(2)16(19)21-6)15-8-7-13(20-5)9-14(11)15/h7-9,11-12H,10H2,1-6H3/t11-,12-/m1/s1. The molecule has 0 aromatic heterocycles. The maximum absolute atomic E-state index is 12.0. The molecule has 0 spiro atoms. The quantitative estimate of drug-likeness (QED) is 0.801. The molecule has 1 aromatic carbocycles. The fourth-order valence-corrected chi connectivity index (χ4v) is 3.57. The second kappa shape index (κ2) is 5.58. The molecular formula is C17H25NO3. The van der Waals surface area contributed by atoms with Crippen LogP contribution >= 0.6 is 0 Å². The molecule has 0 amide bonds. The molecule has 1 aromatic rings. The maximum atomic E-state index is 12.0. The van der Waals surface area contributed by atoms with Crippen LogP contribution in [0.3, 0.4) is 0 Å². The third-order valence-electron chi connectivity index (χ3n) is 4.41. The highest BCUT2D eigenvalue weighted by Gasteiger charge is 2.41. The number of hydrogen-bond acceptors (Lipinski definition) is 4. The minimum absolute atomic E-state index is 0.103. The Balaban J connectivity index is 2.53. The van der Waals surface area contributed by atoms with Gasteiger partial charge in [-0.15, -0.1) is 0 Å². The topological polar surface area (TPSA) is 38.8 Å². The van der Waals surface area contributed by atoms with E-state index < -0.39 is 0 Å². The fraction of sp³-hybridized carbons (Fsp3) is 0.588. The second-order valence-electron chi connectivity index (χ2n) is 6.41. The van der Waals surface area contributed by atoms with Crippen LogP contribution < -0.4 is 9.64 Å². The number of ether oxygens (including phenoxy) is 2. The lowest BCUT2D eigenvalue weighted by Crippen LogP contribution is -2.55. The molecule has 116 valence electrons. The lowest BCUT2D eigenvalue weighted by molar-refractivity contribution is -0.142. The summed E-state index contributed by atoms with van der Waals surface area (Å²) in [6, 6.07) is 5.76. The molecule has 0 N–H and O–H groups in total. The summed E-state index contributed by atoms with van der Waals surface area (Å²) < 4.78 is 10.3. The Hall–Kier alpha value is -1.71. The van der Waals surface area contributed by atoms with Gasteiger partial charge in [-0.2, -0.15) is 0 Å². The van der Waals surface area contributed by atoms with Crippen LogP contribution in [0, 0.1) is 0 Å². The fourth-order valence-electron chi connectivity index (χ4n) is 3.57. The van der Waals surface area contributed by atoms with Gasteiger partial charge >= 0.3 is 5.97 Å². The first-order valence-corrected chi connectivity index (χ1v) is 7.37. The number of benzene rings is 1. The van der Waals surface area contributed by atoms with Crippen LogP contribution in [0.2, 0.25) is 0 Å². The van der Waals surface area contributed by atoms with Crippen LogP contribution in [0.1, 0.15) is 45.6 Å². The van der Waals surface area contributed by atoms with E-state index in [9.17, 15) is 4.79 Å². The minimum atomic E-state index is -0.315. The Labute approximate surface area is 127 Å². The monoisotopic (exact) mass is 291 g/mol. The van der Waals surface area contributed by atoms with Crippen LogP contribution in [0.5, 0.6) is 5.75 Å². The molecule has 0 saturated carbocycles. The minimum Gasteiger partial charge on any atom is -0.497 e. The largest absolute Gasteiger partial charge is 0.497 e. The average molecular weight is 291 g/mol. The van der Waals surface area contributed by atoms with Gasteiger partial charge in [0.25, 0.3) is 0 Å². The van der Waals surface area contributed by atoms with E-state index in [1.54, 1.807) is 7.11 Å². The van der Waals surface area contributed by atoms with Gasteiger partial charge in [-0.1, -0.05) is 6.92 Å². The zero-order chi connectivity index (χ0) is 15.8. The van der Waals surface area contributed by atoms with E-state index in [0.717, 1.165) is 17.9 Å². The van der Waals surface area contributed by atoms with E-state index in [2.05, 4.69) is 31.7 Å². The summed E-state index contributed by atoms with van der Waals surface area (Å²) in [5.74, 6) is 1.07. The van der Waals surface area contributed by atoms with Crippen molar-refractivity contribution < 1.29 is 14.3 Å². The summed E-state index contributed by atoms with van der Waals surface area (Å²) in [5, 5.41) is 0. The summed E-state index contributed by atoms with van der Waals surface area (Å²) in [4.78, 5) is 14.2. The lowest BCUT2D eigenvalue weighted by atomic mass is 9.79. The summed E-state index contributed by atoms with van der Waals surface area (Å²) in [6.07, 6.45) is 0.981. The number of rotatable bonds is 3. The van der Waals surface area contributed by atoms with Gasteiger partial charge in [0.15, 0.2) is 0 Å². The summed E-state index contributed by atoms with van der Waals surface area (Å²) >= 11 is 0. The van der Waals surface area contributed by atoms with Crippen molar-refractivity contribution >= 4 is 11.7 Å². The molecule has 0 saturated heterocycles. The molecule has 0 fully saturated rings. The Bertz CT molecular complexity index is 539. The molecule has 1 heterocycles. The zero-order valence-electron chi connectivity index (χ0n) is 13.8. The molecule has 1 aliphatic rings. The third-order valence-corrected chi connectivity index (χ3v) is 4.41. The van der Waals surface area contributed by atoms with Crippen molar-refractivity contribution in [2.45, 2.75) is 51.6 Å². The average Bonchev–Trinajstić information content (AvgIpc) is 2.44. The first-order valence-electron chi connectivity index (χ1n) is 7.37. The number of carbonyl (C=O) groups excluding carboxylic acids is 1. The van der Waals surface area contributed by atoms with Gasteiger partial charge in [-0.05, 0) is 56.9 Å². The Morgan fingerprint density at radius 3 is 2.62 bits per heavy atom. The van der Waals surface area contributed by atoms with Gasteiger partial charge in [0.05, 0.1) is 14.2 Å². The molecule has 21 heavy (non-hydrogen) atoms. The zero-order valence-corrected chi connectivity index (χ0v) is 13.8. The predicted molar refractivity (Wildman–Crippen MR) is 84.1 cm³/mol. The van der Waals surface area contributed by atoms with E-state index in [4.69, 9.17) is 9.47 Å². The first kappa shape index (κ1) is 15.7. The van der Waals surface area contributed by atoms with Gasteiger partial charge in [-0.3, -0.25) is 0 Å². The molecule has 2 atom stereocenters. The van der Waals surface area contributed by atoms with Crippen molar-refractivity contribution in [1.82, 2.24) is 0 Å². The normalized spacial score (nSPS) is 21.4. The molecule has 1 aliphatic heterocycles. The highest BCUT2D eigenvalue weighted by atomic mass is 16.5. The molecule has 4 heteroatoms. The summed E-state index contributed by atoms with van der Waals surface area (Å²) in [7, 11) is 3.11. The number of hydrogen-bond donors (Lipinski definition) is 0. The van der Waals surface area contributed by atoms with Gasteiger partial charge in [0, 0.05) is 11.2 Å². The van der Waals surface area contributed by atoms with E-state index in [-0.39, 0.29) is 17.6 Å². The predicted octanol–water partition coefficient (Wildman–Crippen LogP) is 3.35. The maximum Gasteiger partial charge on any atom is 0.328 e. The van der Waals surface area contributed by atoms with Crippen LogP contribution in [0.25, 0.3) is 0 Å². The number of carbonyl (C=O) groups is 1. The van der Waals surface area contributed by atoms with Crippen molar-refractivity contribution in [1.29, 1.82) is 0 Å². The van der Waals surface area contributed by atoms with Crippen LogP contribution in [-0.2, 0) is 9.53 Å². The molecular weight excluding hydrogens is 266 g/mol. The molecule has 4 nitrogen and oxygen atoms in total. The van der Waals surface area contributed by atoms with Crippen LogP contribution in [-0.4, -0.2) is 31.8 Å². The third kappa shape index (κ3) is 2.71. The lowest BCUT2D eigenvalue weighted by Gasteiger charge is -2.49. The van der Waals surface area contributed by atoms with Crippen molar-refractivity contribution in [3.8, 4) is 5.75 Å². The number of anilines is 1. The SMILES string of the molecule is COC(=O)[C@@H](C)N1c2ccc(OC)cc2[C@H](C)CC1(C)C. The van der Waals surface area contributed by atoms with Crippen LogP contribution in [0.4, 0.5) is 5.69 Å². The molecule has 0 radical (unpaired) electrons. The van der Waals surface area contributed by atoms with Crippen molar-refractivity contribution in [2.75, 3.05) is 19.1 Å². The molecule has 0 unspecified atom stereocenters. The summed E-state index contributed by atoms with van der Waals surface area (Å²) in [6.45, 7) is 8.48. The van der Waals surface area contributed by atoms with Gasteiger partial charge < -0.3 is 14.4 Å². The van der Waals surface area contributed by atoms with E-state index >= 15 is 0 Å². The Kier molecular flexibility index (Phi) is 4.17. The first-order chi connectivity index (χ1) is 9.81. The number of methoxy groups -OCH3 is 2. The number of esters is 1. The smallest absolute Gasteiger partial charge is 0.328 e. The molecule has 0 bridgehead atoms. The number of fused-ring (bicyclic) bond motifs is 1. The van der Waals surface area contributed by atoms with Gasteiger partial charge in [0.1, 0.15) is 11.8 Å². The van der Waals surface area contributed by atoms with Crippen LogP contribution in [0.15, 0.2) is 18.2 Å². The molecule has 2 rings (SSSR count). The Morgan fingerprint density at radius 2 is 2.05 bits per heavy atom. The highest BCUT2D eigenvalue weighted by molar-refractivity contribution is 5.81. The highest BCUT2D eigenvalue weighted by Crippen LogP contribution is 2.45. The van der Waals surface area contributed by atoms with Crippen molar-refractivity contribution in [3.63, 3.8) is 0 Å². The van der Waals surface area contributed by atoms with E-state index in [1.807, 2.05) is 19.1 Å². The van der Waals surface area contributed by atoms with Crippen molar-refractivity contribution in [3.05, 3.63) is 23.8 Å². The number of nitrogens with zero attached hydrogens (tertiary/aromatic N) is 1. The Morgan fingerprint density at radius 1 is 1.38 bits per heavy atom. The molecule has 0 aliphatic carbocycles. The summed E-state index contributed by atoms with van der Waals surface area (Å²) in [5.41, 5.74) is 2.22. The van der Waals surface area contributed by atoms with Gasteiger partial charge in [-0.25, -0.2) is 4.79 Å². The second-order valence-corrected chi connectivity index (χ2v) is 6.41. The van der Waals surface area contributed by atoms with E-state index in [0.29, 0.717) is 5.92 Å². The van der Waals surface area contributed by atoms with Crippen molar-refractivity contribution in [2.24, 2.45) is 0 Å². The van der Waals surface area contributed by atoms with Gasteiger partial charge in [0.2, 0.25) is 0 Å². The van der Waals surface area contributed by atoms with E-state index in [1.165, 1.54) is 12.7 Å².